The van der Waals surface area contributed by atoms with E-state index < -0.39 is 0 Å². The van der Waals surface area contributed by atoms with Gasteiger partial charge in [0.1, 0.15) is 0 Å². The van der Waals surface area contributed by atoms with Crippen molar-refractivity contribution >= 4 is 27.5 Å². The van der Waals surface area contributed by atoms with E-state index in [0.29, 0.717) is 11.7 Å². The van der Waals surface area contributed by atoms with E-state index >= 15 is 0 Å². The largest absolute Gasteiger partial charge is 0.338 e. The number of hydrogen-bond donors (Lipinski definition) is 1. The van der Waals surface area contributed by atoms with Gasteiger partial charge in [0, 0.05) is 9.89 Å². The topological polar surface area (TPSA) is 71.3 Å². The van der Waals surface area contributed by atoms with Gasteiger partial charge in [0.15, 0.2) is 5.82 Å². The Morgan fingerprint density at radius 1 is 1.38 bits per heavy atom. The molecule has 1 amide bonds. The molecular weight excluding hydrogens is 372 g/mol. The van der Waals surface area contributed by atoms with E-state index in [0.717, 1.165) is 10.2 Å². The maximum absolute atomic E-state index is 12.2. The van der Waals surface area contributed by atoms with Crippen molar-refractivity contribution in [2.75, 3.05) is 18.9 Å². The number of halogens is 1. The lowest BCUT2D eigenvalue weighted by atomic mass is 9.96. The van der Waals surface area contributed by atoms with Crippen LogP contribution in [0, 0.1) is 0 Å². The molecule has 0 unspecified atom stereocenters. The third-order valence-corrected chi connectivity index (χ3v) is 4.36. The normalized spacial score (nSPS) is 13.1. The molecule has 0 saturated carbocycles. The van der Waals surface area contributed by atoms with Crippen molar-refractivity contribution < 1.29 is 9.32 Å². The quantitative estimate of drug-likeness (QED) is 0.835. The number of aromatic nitrogens is 2. The maximum Gasteiger partial charge on any atom is 0.243 e. The van der Waals surface area contributed by atoms with E-state index in [4.69, 9.17) is 4.52 Å². The van der Waals surface area contributed by atoms with E-state index in [-0.39, 0.29) is 23.9 Å². The van der Waals surface area contributed by atoms with Crippen molar-refractivity contribution in [1.29, 1.82) is 0 Å². The first kappa shape index (κ1) is 18.6. The third-order valence-electron chi connectivity index (χ3n) is 3.67. The summed E-state index contributed by atoms with van der Waals surface area (Å²) >= 11 is 3.42. The van der Waals surface area contributed by atoms with Crippen LogP contribution in [0.4, 0.5) is 5.69 Å². The lowest BCUT2D eigenvalue weighted by Crippen LogP contribution is -2.32. The summed E-state index contributed by atoms with van der Waals surface area (Å²) < 4.78 is 6.20. The first-order chi connectivity index (χ1) is 11.2. The number of hydrogen-bond acceptors (Lipinski definition) is 5. The Hall–Kier alpha value is -1.73. The lowest BCUT2D eigenvalue weighted by molar-refractivity contribution is -0.117. The van der Waals surface area contributed by atoms with Gasteiger partial charge in [0.25, 0.3) is 0 Å². The Morgan fingerprint density at radius 3 is 2.62 bits per heavy atom. The number of nitrogens with one attached hydrogen (secondary N) is 1. The second-order valence-corrected chi connectivity index (χ2v) is 7.68. The first-order valence-corrected chi connectivity index (χ1v) is 8.56. The molecule has 2 aromatic rings. The van der Waals surface area contributed by atoms with Crippen LogP contribution >= 0.6 is 15.9 Å². The molecule has 0 fully saturated rings. The molecule has 130 valence electrons. The number of carbonyl (C=O) groups is 1. The summed E-state index contributed by atoms with van der Waals surface area (Å²) in [5.41, 5.74) is 0.577. The second kappa shape index (κ2) is 7.44. The molecule has 0 aliphatic heterocycles. The number of anilines is 1. The van der Waals surface area contributed by atoms with Gasteiger partial charge in [-0.15, -0.1) is 0 Å². The van der Waals surface area contributed by atoms with E-state index in [1.807, 2.05) is 63.9 Å². The van der Waals surface area contributed by atoms with Gasteiger partial charge in [-0.05, 0) is 42.0 Å². The van der Waals surface area contributed by atoms with Crippen LogP contribution in [0.1, 0.15) is 45.5 Å². The number of benzene rings is 1. The minimum Gasteiger partial charge on any atom is -0.338 e. The average molecular weight is 395 g/mol. The molecule has 2 rings (SSSR count). The van der Waals surface area contributed by atoms with Gasteiger partial charge < -0.3 is 9.84 Å². The van der Waals surface area contributed by atoms with Crippen LogP contribution in [-0.4, -0.2) is 34.5 Å². The Kier molecular flexibility index (Phi) is 5.77. The van der Waals surface area contributed by atoms with Crippen LogP contribution in [-0.2, 0) is 10.2 Å². The molecule has 1 atom stereocenters. The molecule has 7 heteroatoms. The van der Waals surface area contributed by atoms with Gasteiger partial charge >= 0.3 is 0 Å². The highest BCUT2D eigenvalue weighted by molar-refractivity contribution is 9.10. The van der Waals surface area contributed by atoms with Crippen molar-refractivity contribution in [2.45, 2.75) is 39.2 Å². The fourth-order valence-corrected chi connectivity index (χ4v) is 2.40. The molecule has 0 spiro atoms. The molecule has 1 aromatic carbocycles. The number of carbonyl (C=O) groups excluding carboxylic acids is 1. The van der Waals surface area contributed by atoms with Crippen LogP contribution in [0.3, 0.4) is 0 Å². The summed E-state index contributed by atoms with van der Waals surface area (Å²) in [5, 5.41) is 6.91. The highest BCUT2D eigenvalue weighted by atomic mass is 79.9. The van der Waals surface area contributed by atoms with Crippen molar-refractivity contribution in [3.05, 3.63) is 40.5 Å². The number of likely N-dealkylation sites (N-methyl/N-ethyl adjacent to an activating group) is 1. The van der Waals surface area contributed by atoms with Gasteiger partial charge in [-0.3, -0.25) is 9.69 Å². The zero-order valence-corrected chi connectivity index (χ0v) is 16.2. The first-order valence-electron chi connectivity index (χ1n) is 7.77. The van der Waals surface area contributed by atoms with Crippen LogP contribution in [0.25, 0.3) is 0 Å². The lowest BCUT2D eigenvalue weighted by Gasteiger charge is -2.21. The monoisotopic (exact) mass is 394 g/mol. The van der Waals surface area contributed by atoms with Gasteiger partial charge in [0.05, 0.1) is 18.3 Å². The van der Waals surface area contributed by atoms with Crippen molar-refractivity contribution in [3.63, 3.8) is 0 Å². The predicted molar refractivity (Wildman–Crippen MR) is 96.8 cm³/mol. The van der Waals surface area contributed by atoms with E-state index in [1.165, 1.54) is 0 Å². The molecule has 1 heterocycles. The van der Waals surface area contributed by atoms with E-state index in [9.17, 15) is 4.79 Å². The summed E-state index contributed by atoms with van der Waals surface area (Å²) in [6.45, 7) is 8.24. The SMILES string of the molecule is C[C@H](c1nc(C(C)(C)C)no1)N(C)CC(=O)Nc1ccccc1Br. The number of nitrogens with zero attached hydrogens (tertiary/aromatic N) is 3. The van der Waals surface area contributed by atoms with E-state index in [2.05, 4.69) is 31.4 Å². The fraction of sp³-hybridized carbons (Fsp3) is 0.471. The zero-order chi connectivity index (χ0) is 17.9. The van der Waals surface area contributed by atoms with Crippen LogP contribution in [0.15, 0.2) is 33.3 Å². The molecule has 0 saturated heterocycles. The van der Waals surface area contributed by atoms with Crippen LogP contribution < -0.4 is 5.32 Å². The Balaban J connectivity index is 1.98. The van der Waals surface area contributed by atoms with Crippen molar-refractivity contribution in [3.8, 4) is 0 Å². The molecule has 1 aromatic heterocycles. The zero-order valence-electron chi connectivity index (χ0n) is 14.6. The minimum absolute atomic E-state index is 0.105. The molecule has 24 heavy (non-hydrogen) atoms. The summed E-state index contributed by atoms with van der Waals surface area (Å²) in [5.74, 6) is 1.07. The Bertz CT molecular complexity index is 709. The molecule has 0 aliphatic carbocycles. The Morgan fingerprint density at radius 2 is 2.04 bits per heavy atom. The predicted octanol–water partition coefficient (Wildman–Crippen LogP) is 3.76. The van der Waals surface area contributed by atoms with Gasteiger partial charge in [-0.2, -0.15) is 4.98 Å². The van der Waals surface area contributed by atoms with E-state index in [1.54, 1.807) is 0 Å². The highest BCUT2D eigenvalue weighted by Gasteiger charge is 2.25. The molecule has 1 N–H and O–H groups in total. The highest BCUT2D eigenvalue weighted by Crippen LogP contribution is 2.24. The average Bonchev–Trinajstić information content (AvgIpc) is 2.98. The van der Waals surface area contributed by atoms with Gasteiger partial charge in [0.2, 0.25) is 11.8 Å². The van der Waals surface area contributed by atoms with Crippen molar-refractivity contribution in [1.82, 2.24) is 15.0 Å². The summed E-state index contributed by atoms with van der Waals surface area (Å²) in [6, 6.07) is 7.35. The van der Waals surface area contributed by atoms with Gasteiger partial charge in [-0.25, -0.2) is 0 Å². The molecule has 0 radical (unpaired) electrons. The molecule has 6 nitrogen and oxygen atoms in total. The summed E-state index contributed by atoms with van der Waals surface area (Å²) in [7, 11) is 1.85. The fourth-order valence-electron chi connectivity index (χ4n) is 2.01. The molecular formula is C17H23BrN4O2. The molecule has 0 aliphatic rings. The third kappa shape index (κ3) is 4.64. The van der Waals surface area contributed by atoms with Gasteiger partial charge in [-0.1, -0.05) is 38.1 Å². The van der Waals surface area contributed by atoms with Crippen LogP contribution in [0.2, 0.25) is 0 Å². The summed E-state index contributed by atoms with van der Waals surface area (Å²) in [6.07, 6.45) is 0. The minimum atomic E-state index is -0.170. The second-order valence-electron chi connectivity index (χ2n) is 6.83. The standard InChI is InChI=1S/C17H23BrN4O2/c1-11(15-20-16(21-24-15)17(2,3)4)22(5)10-14(23)19-13-9-7-6-8-12(13)18/h6-9,11H,10H2,1-5H3,(H,19,23)/t11-/m1/s1. The number of amides is 1. The maximum atomic E-state index is 12.2. The number of para-hydroxylation sites is 1. The van der Waals surface area contributed by atoms with Crippen molar-refractivity contribution in [2.24, 2.45) is 0 Å². The number of rotatable bonds is 5. The van der Waals surface area contributed by atoms with Crippen LogP contribution in [0.5, 0.6) is 0 Å². The summed E-state index contributed by atoms with van der Waals surface area (Å²) in [4.78, 5) is 18.6. The Labute approximate surface area is 150 Å². The smallest absolute Gasteiger partial charge is 0.243 e. The molecule has 0 bridgehead atoms.